The minimum atomic E-state index is 0.284. The van der Waals surface area contributed by atoms with Crippen molar-refractivity contribution in [3.63, 3.8) is 0 Å². The van der Waals surface area contributed by atoms with Crippen LogP contribution in [0.2, 0.25) is 0 Å². The number of Topliss-reactive ketones (excluding diaryl/α,β-unsaturated/α-hetero) is 1. The van der Waals surface area contributed by atoms with Gasteiger partial charge >= 0.3 is 0 Å². The molecule has 1 aromatic rings. The van der Waals surface area contributed by atoms with E-state index in [2.05, 4.69) is 49.1 Å². The number of benzene rings is 1. The lowest BCUT2D eigenvalue weighted by atomic mass is 9.84. The van der Waals surface area contributed by atoms with E-state index in [-0.39, 0.29) is 5.92 Å². The molecule has 2 heteroatoms. The van der Waals surface area contributed by atoms with Crippen LogP contribution in [-0.4, -0.2) is 23.8 Å². The predicted octanol–water partition coefficient (Wildman–Crippen LogP) is 3.45. The molecular weight excluding hydrogens is 234 g/mol. The summed E-state index contributed by atoms with van der Waals surface area (Å²) in [4.78, 5) is 14.5. The van der Waals surface area contributed by atoms with Gasteiger partial charge in [0.15, 0.2) is 5.78 Å². The minimum absolute atomic E-state index is 0.284. The molecule has 0 spiro atoms. The molecule has 0 saturated carbocycles. The van der Waals surface area contributed by atoms with Gasteiger partial charge in [-0.05, 0) is 36.0 Å². The van der Waals surface area contributed by atoms with Crippen molar-refractivity contribution in [3.8, 4) is 0 Å². The van der Waals surface area contributed by atoms with Crippen molar-refractivity contribution in [1.82, 2.24) is 4.90 Å². The van der Waals surface area contributed by atoms with Crippen molar-refractivity contribution in [2.24, 2.45) is 5.92 Å². The van der Waals surface area contributed by atoms with E-state index in [0.717, 1.165) is 37.2 Å². The molecular formula is C17H21NO. The van der Waals surface area contributed by atoms with Gasteiger partial charge in [0.1, 0.15) is 0 Å². The van der Waals surface area contributed by atoms with Crippen molar-refractivity contribution < 1.29 is 4.79 Å². The lowest BCUT2D eigenvalue weighted by Crippen LogP contribution is -2.45. The van der Waals surface area contributed by atoms with Gasteiger partial charge in [-0.1, -0.05) is 38.1 Å². The Kier molecular flexibility index (Phi) is 3.17. The maximum atomic E-state index is 12.3. The molecule has 100 valence electrons. The second kappa shape index (κ2) is 4.84. The molecule has 3 heterocycles. The van der Waals surface area contributed by atoms with Crippen LogP contribution in [0, 0.1) is 5.92 Å². The van der Waals surface area contributed by atoms with Crippen LogP contribution in [0.1, 0.15) is 43.7 Å². The van der Waals surface area contributed by atoms with Crippen molar-refractivity contribution in [1.29, 1.82) is 0 Å². The average Bonchev–Trinajstić information content (AvgIpc) is 2.44. The summed E-state index contributed by atoms with van der Waals surface area (Å²) in [6.07, 6.45) is 4.16. The summed E-state index contributed by atoms with van der Waals surface area (Å²) in [6, 6.07) is 8.58. The number of fused-ring (bicyclic) bond motifs is 3. The summed E-state index contributed by atoms with van der Waals surface area (Å²) >= 11 is 0. The fourth-order valence-electron chi connectivity index (χ4n) is 3.04. The molecule has 2 bridgehead atoms. The molecule has 0 unspecified atom stereocenters. The Balaban J connectivity index is 1.86. The van der Waals surface area contributed by atoms with Crippen molar-refractivity contribution in [2.75, 3.05) is 13.1 Å². The Morgan fingerprint density at radius 1 is 1.16 bits per heavy atom. The highest BCUT2D eigenvalue weighted by Crippen LogP contribution is 2.32. The summed E-state index contributed by atoms with van der Waals surface area (Å²) < 4.78 is 0. The molecule has 1 aromatic carbocycles. The highest BCUT2D eigenvalue weighted by molar-refractivity contribution is 6.01. The standard InChI is InChI=1S/C17H21NO/c1-12(2)14-5-3-13(4-6-14)11-16-17(19)15-7-9-18(16)10-8-15/h3-6,11-12,15H,7-10H2,1-2H3/b16-11+. The topological polar surface area (TPSA) is 20.3 Å². The van der Waals surface area contributed by atoms with Crippen molar-refractivity contribution in [2.45, 2.75) is 32.6 Å². The first-order valence-corrected chi connectivity index (χ1v) is 7.26. The zero-order valence-corrected chi connectivity index (χ0v) is 11.7. The lowest BCUT2D eigenvalue weighted by Gasteiger charge is -2.41. The lowest BCUT2D eigenvalue weighted by molar-refractivity contribution is -0.125. The number of nitrogens with zero attached hydrogens (tertiary/aromatic N) is 1. The molecule has 0 amide bonds. The molecule has 4 rings (SSSR count). The van der Waals surface area contributed by atoms with Gasteiger partial charge in [-0.2, -0.15) is 0 Å². The second-order valence-electron chi connectivity index (χ2n) is 5.98. The molecule has 0 aromatic heterocycles. The number of carbonyl (C=O) groups is 1. The number of hydrogen-bond acceptors (Lipinski definition) is 2. The summed E-state index contributed by atoms with van der Waals surface area (Å²) in [7, 11) is 0. The average molecular weight is 255 g/mol. The Hall–Kier alpha value is -1.57. The number of hydrogen-bond donors (Lipinski definition) is 0. The largest absolute Gasteiger partial charge is 0.369 e. The molecule has 3 aliphatic rings. The summed E-state index contributed by atoms with van der Waals surface area (Å²) in [5.41, 5.74) is 3.42. The third kappa shape index (κ3) is 2.32. The summed E-state index contributed by atoms with van der Waals surface area (Å²) in [5.74, 6) is 1.19. The highest BCUT2D eigenvalue weighted by atomic mass is 16.1. The molecule has 3 saturated heterocycles. The first-order valence-electron chi connectivity index (χ1n) is 7.26. The van der Waals surface area contributed by atoms with E-state index in [1.807, 2.05) is 0 Å². The smallest absolute Gasteiger partial charge is 0.182 e. The van der Waals surface area contributed by atoms with Crippen LogP contribution in [0.4, 0.5) is 0 Å². The van der Waals surface area contributed by atoms with Crippen LogP contribution in [-0.2, 0) is 4.79 Å². The normalized spacial score (nSPS) is 21.7. The quantitative estimate of drug-likeness (QED) is 0.754. The number of allylic oxidation sites excluding steroid dienone is 1. The van der Waals surface area contributed by atoms with Gasteiger partial charge in [-0.3, -0.25) is 4.79 Å². The van der Waals surface area contributed by atoms with Gasteiger partial charge in [0.25, 0.3) is 0 Å². The van der Waals surface area contributed by atoms with Gasteiger partial charge in [0, 0.05) is 19.0 Å². The molecule has 3 fully saturated rings. The molecule has 0 N–H and O–H groups in total. The third-order valence-electron chi connectivity index (χ3n) is 4.37. The SMILES string of the molecule is CC(C)c1ccc(/C=C2\C(=O)C3CCN2CC3)cc1. The van der Waals surface area contributed by atoms with Crippen LogP contribution in [0.25, 0.3) is 6.08 Å². The highest BCUT2D eigenvalue weighted by Gasteiger charge is 2.36. The van der Waals surface area contributed by atoms with E-state index >= 15 is 0 Å². The predicted molar refractivity (Wildman–Crippen MR) is 77.8 cm³/mol. The molecule has 0 aliphatic carbocycles. The zero-order valence-electron chi connectivity index (χ0n) is 11.7. The van der Waals surface area contributed by atoms with Crippen LogP contribution < -0.4 is 0 Å². The summed E-state index contributed by atoms with van der Waals surface area (Å²) in [6.45, 7) is 6.49. The van der Waals surface area contributed by atoms with Crippen LogP contribution in [0.3, 0.4) is 0 Å². The van der Waals surface area contributed by atoms with E-state index in [0.29, 0.717) is 11.7 Å². The number of piperidine rings is 3. The fourth-order valence-corrected chi connectivity index (χ4v) is 3.04. The first kappa shape index (κ1) is 12.5. The maximum absolute atomic E-state index is 12.3. The first-order chi connectivity index (χ1) is 9.15. The number of carbonyl (C=O) groups excluding carboxylic acids is 1. The van der Waals surface area contributed by atoms with Crippen molar-refractivity contribution in [3.05, 3.63) is 41.1 Å². The van der Waals surface area contributed by atoms with E-state index in [1.165, 1.54) is 5.56 Å². The third-order valence-corrected chi connectivity index (χ3v) is 4.37. The van der Waals surface area contributed by atoms with Gasteiger partial charge in [0.2, 0.25) is 0 Å². The van der Waals surface area contributed by atoms with E-state index in [9.17, 15) is 4.79 Å². The molecule has 2 nitrogen and oxygen atoms in total. The molecule has 0 atom stereocenters. The van der Waals surface area contributed by atoms with Crippen LogP contribution in [0.15, 0.2) is 30.0 Å². The van der Waals surface area contributed by atoms with Gasteiger partial charge in [-0.25, -0.2) is 0 Å². The Morgan fingerprint density at radius 3 is 2.32 bits per heavy atom. The minimum Gasteiger partial charge on any atom is -0.369 e. The van der Waals surface area contributed by atoms with Gasteiger partial charge in [0.05, 0.1) is 5.70 Å². The van der Waals surface area contributed by atoms with Crippen molar-refractivity contribution >= 4 is 11.9 Å². The van der Waals surface area contributed by atoms with Gasteiger partial charge in [-0.15, -0.1) is 0 Å². The number of ketones is 1. The van der Waals surface area contributed by atoms with E-state index in [1.54, 1.807) is 0 Å². The van der Waals surface area contributed by atoms with E-state index < -0.39 is 0 Å². The number of rotatable bonds is 2. The van der Waals surface area contributed by atoms with E-state index in [4.69, 9.17) is 0 Å². The fraction of sp³-hybridized carbons (Fsp3) is 0.471. The monoisotopic (exact) mass is 255 g/mol. The summed E-state index contributed by atoms with van der Waals surface area (Å²) in [5, 5.41) is 0. The molecule has 3 aliphatic heterocycles. The van der Waals surface area contributed by atoms with Gasteiger partial charge < -0.3 is 4.90 Å². The Bertz CT molecular complexity index is 505. The Labute approximate surface area is 115 Å². The zero-order chi connectivity index (χ0) is 13.4. The van der Waals surface area contributed by atoms with Crippen LogP contribution >= 0.6 is 0 Å². The maximum Gasteiger partial charge on any atom is 0.182 e. The van der Waals surface area contributed by atoms with Crippen LogP contribution in [0.5, 0.6) is 0 Å². The molecule has 0 radical (unpaired) electrons. The molecule has 19 heavy (non-hydrogen) atoms. The second-order valence-corrected chi connectivity index (χ2v) is 5.98. The Morgan fingerprint density at radius 2 is 1.79 bits per heavy atom.